The molecule has 1 aromatic carbocycles. The van der Waals surface area contributed by atoms with Gasteiger partial charge in [-0.2, -0.15) is 5.10 Å². The Kier molecular flexibility index (Phi) is 2.72. The second kappa shape index (κ2) is 4.18. The van der Waals surface area contributed by atoms with Crippen molar-refractivity contribution in [3.05, 3.63) is 47.8 Å². The second-order valence-corrected chi connectivity index (χ2v) is 3.73. The van der Waals surface area contributed by atoms with Gasteiger partial charge in [0.25, 0.3) is 0 Å². The fourth-order valence-electron chi connectivity index (χ4n) is 1.55. The molecule has 0 unspecified atom stereocenters. The normalized spacial score (nSPS) is 10.3. The average Bonchev–Trinajstić information content (AvgIpc) is 2.65. The molecule has 0 aliphatic rings. The monoisotopic (exact) mass is 215 g/mol. The van der Waals surface area contributed by atoms with E-state index in [1.807, 2.05) is 37.4 Å². The number of benzene rings is 1. The largest absolute Gasteiger partial charge is 0.369 e. The van der Waals surface area contributed by atoms with Crippen LogP contribution in [0.4, 0.5) is 0 Å². The van der Waals surface area contributed by atoms with Crippen molar-refractivity contribution in [2.75, 3.05) is 0 Å². The first-order chi connectivity index (χ1) is 7.65. The number of amides is 1. The van der Waals surface area contributed by atoms with Crippen LogP contribution in [0.3, 0.4) is 0 Å². The highest BCUT2D eigenvalue weighted by Gasteiger charge is 2.03. The van der Waals surface area contributed by atoms with E-state index in [4.69, 9.17) is 5.73 Å². The Bertz CT molecular complexity index is 516. The zero-order valence-corrected chi connectivity index (χ0v) is 9.05. The molecule has 0 spiro atoms. The van der Waals surface area contributed by atoms with Crippen LogP contribution >= 0.6 is 0 Å². The number of rotatable bonds is 3. The molecule has 2 aromatic rings. The number of carbonyl (C=O) groups excluding carboxylic acids is 1. The molecule has 0 atom stereocenters. The summed E-state index contributed by atoms with van der Waals surface area (Å²) in [5, 5.41) is 4.28. The lowest BCUT2D eigenvalue weighted by atomic mass is 10.2. The van der Waals surface area contributed by atoms with Gasteiger partial charge in [0.2, 0.25) is 5.91 Å². The van der Waals surface area contributed by atoms with Gasteiger partial charge < -0.3 is 5.73 Å². The van der Waals surface area contributed by atoms with Gasteiger partial charge in [-0.25, -0.2) is 4.68 Å². The van der Waals surface area contributed by atoms with Gasteiger partial charge >= 0.3 is 0 Å². The Morgan fingerprint density at radius 2 is 2.25 bits per heavy atom. The van der Waals surface area contributed by atoms with Crippen molar-refractivity contribution in [1.29, 1.82) is 0 Å². The van der Waals surface area contributed by atoms with Crippen LogP contribution in [0.2, 0.25) is 0 Å². The van der Waals surface area contributed by atoms with Crippen molar-refractivity contribution < 1.29 is 4.79 Å². The van der Waals surface area contributed by atoms with E-state index in [2.05, 4.69) is 5.10 Å². The van der Waals surface area contributed by atoms with Gasteiger partial charge in [0.15, 0.2) is 0 Å². The third-order valence-electron chi connectivity index (χ3n) is 2.27. The smallest absolute Gasteiger partial charge is 0.223 e. The Morgan fingerprint density at radius 1 is 1.44 bits per heavy atom. The zero-order chi connectivity index (χ0) is 11.5. The third kappa shape index (κ3) is 2.28. The van der Waals surface area contributed by atoms with Crippen LogP contribution < -0.4 is 5.73 Å². The number of nitrogens with two attached hydrogens (primary N) is 1. The molecule has 0 aliphatic carbocycles. The van der Waals surface area contributed by atoms with Crippen molar-refractivity contribution in [3.63, 3.8) is 0 Å². The zero-order valence-electron chi connectivity index (χ0n) is 9.05. The number of primary amides is 1. The summed E-state index contributed by atoms with van der Waals surface area (Å²) in [6.45, 7) is 2.03. The van der Waals surface area contributed by atoms with E-state index in [1.54, 1.807) is 10.7 Å². The quantitative estimate of drug-likeness (QED) is 0.836. The molecule has 0 saturated heterocycles. The average molecular weight is 215 g/mol. The van der Waals surface area contributed by atoms with Crippen LogP contribution in [0.25, 0.3) is 5.69 Å². The van der Waals surface area contributed by atoms with Gasteiger partial charge in [-0.15, -0.1) is 0 Å². The highest BCUT2D eigenvalue weighted by molar-refractivity contribution is 5.76. The summed E-state index contributed by atoms with van der Waals surface area (Å²) in [5.41, 5.74) is 7.95. The van der Waals surface area contributed by atoms with Crippen molar-refractivity contribution in [1.82, 2.24) is 9.78 Å². The van der Waals surface area contributed by atoms with Gasteiger partial charge in [-0.05, 0) is 30.7 Å². The number of hydrogen-bond donors (Lipinski definition) is 1. The Morgan fingerprint density at radius 3 is 2.94 bits per heavy atom. The molecule has 1 aromatic heterocycles. The first-order valence-electron chi connectivity index (χ1n) is 5.05. The molecule has 0 fully saturated rings. The molecule has 1 heterocycles. The highest BCUT2D eigenvalue weighted by atomic mass is 16.1. The summed E-state index contributed by atoms with van der Waals surface area (Å²) in [7, 11) is 0. The van der Waals surface area contributed by atoms with Crippen LogP contribution in [0.5, 0.6) is 0 Å². The third-order valence-corrected chi connectivity index (χ3v) is 2.27. The van der Waals surface area contributed by atoms with Crippen LogP contribution in [-0.4, -0.2) is 15.7 Å². The van der Waals surface area contributed by atoms with E-state index in [1.165, 1.54) is 5.56 Å². The number of nitrogens with zero attached hydrogens (tertiary/aromatic N) is 2. The molecule has 4 heteroatoms. The van der Waals surface area contributed by atoms with Crippen molar-refractivity contribution >= 4 is 5.91 Å². The molecule has 2 rings (SSSR count). The van der Waals surface area contributed by atoms with Crippen molar-refractivity contribution in [3.8, 4) is 5.69 Å². The standard InChI is InChI=1S/C12H13N3O/c1-9-3-2-4-11(7-9)15-6-5-10(14-15)8-12(13)16/h2-7H,8H2,1H3,(H2,13,16). The Balaban J connectivity index is 2.28. The van der Waals surface area contributed by atoms with E-state index in [0.717, 1.165) is 5.69 Å². The lowest BCUT2D eigenvalue weighted by Crippen LogP contribution is -2.14. The van der Waals surface area contributed by atoms with E-state index in [9.17, 15) is 4.79 Å². The molecule has 0 saturated carbocycles. The molecule has 0 radical (unpaired) electrons. The molecule has 2 N–H and O–H groups in total. The topological polar surface area (TPSA) is 60.9 Å². The highest BCUT2D eigenvalue weighted by Crippen LogP contribution is 2.09. The summed E-state index contributed by atoms with van der Waals surface area (Å²) in [5.74, 6) is -0.366. The first-order valence-corrected chi connectivity index (χ1v) is 5.05. The van der Waals surface area contributed by atoms with Gasteiger partial charge in [-0.1, -0.05) is 12.1 Å². The van der Waals surface area contributed by atoms with Gasteiger partial charge in [-0.3, -0.25) is 4.79 Å². The fraction of sp³-hybridized carbons (Fsp3) is 0.167. The lowest BCUT2D eigenvalue weighted by molar-refractivity contribution is -0.117. The van der Waals surface area contributed by atoms with E-state index >= 15 is 0 Å². The molecular formula is C12H13N3O. The predicted octanol–water partition coefficient (Wildman–Crippen LogP) is 1.21. The molecule has 0 bridgehead atoms. The molecule has 4 nitrogen and oxygen atoms in total. The predicted molar refractivity (Wildman–Crippen MR) is 61.2 cm³/mol. The van der Waals surface area contributed by atoms with E-state index in [-0.39, 0.29) is 12.3 Å². The maximum atomic E-state index is 10.7. The van der Waals surface area contributed by atoms with E-state index in [0.29, 0.717) is 5.69 Å². The maximum absolute atomic E-state index is 10.7. The minimum absolute atomic E-state index is 0.179. The van der Waals surface area contributed by atoms with Gasteiger partial charge in [0, 0.05) is 6.20 Å². The SMILES string of the molecule is Cc1cccc(-n2ccc(CC(N)=O)n2)c1. The lowest BCUT2D eigenvalue weighted by Gasteiger charge is -2.01. The Labute approximate surface area is 93.7 Å². The van der Waals surface area contributed by atoms with E-state index < -0.39 is 0 Å². The van der Waals surface area contributed by atoms with Crippen LogP contribution in [-0.2, 0) is 11.2 Å². The molecule has 0 aliphatic heterocycles. The minimum Gasteiger partial charge on any atom is -0.369 e. The number of aryl methyl sites for hydroxylation is 1. The molecule has 16 heavy (non-hydrogen) atoms. The maximum Gasteiger partial charge on any atom is 0.223 e. The summed E-state index contributed by atoms with van der Waals surface area (Å²) < 4.78 is 1.74. The number of hydrogen-bond acceptors (Lipinski definition) is 2. The van der Waals surface area contributed by atoms with Crippen molar-refractivity contribution in [2.45, 2.75) is 13.3 Å². The van der Waals surface area contributed by atoms with Crippen LogP contribution in [0.1, 0.15) is 11.3 Å². The fourth-order valence-corrected chi connectivity index (χ4v) is 1.55. The van der Waals surface area contributed by atoms with Gasteiger partial charge in [0.05, 0.1) is 17.8 Å². The van der Waals surface area contributed by atoms with Gasteiger partial charge in [0.1, 0.15) is 0 Å². The second-order valence-electron chi connectivity index (χ2n) is 3.73. The van der Waals surface area contributed by atoms with Crippen molar-refractivity contribution in [2.24, 2.45) is 5.73 Å². The molecule has 1 amide bonds. The summed E-state index contributed by atoms with van der Waals surface area (Å²) in [6, 6.07) is 9.79. The molecular weight excluding hydrogens is 202 g/mol. The summed E-state index contributed by atoms with van der Waals surface area (Å²) >= 11 is 0. The summed E-state index contributed by atoms with van der Waals surface area (Å²) in [4.78, 5) is 10.7. The minimum atomic E-state index is -0.366. The van der Waals surface area contributed by atoms with Crippen LogP contribution in [0, 0.1) is 6.92 Å². The molecule has 82 valence electrons. The Hall–Kier alpha value is -2.10. The summed E-state index contributed by atoms with van der Waals surface area (Å²) in [6.07, 6.45) is 2.01. The van der Waals surface area contributed by atoms with Crippen LogP contribution in [0.15, 0.2) is 36.5 Å². The first kappa shape index (κ1) is 10.4. The number of aromatic nitrogens is 2. The number of carbonyl (C=O) groups is 1.